The Bertz CT molecular complexity index is 532. The van der Waals surface area contributed by atoms with Crippen molar-refractivity contribution in [2.45, 2.75) is 6.42 Å². The number of aromatic amines is 1. The summed E-state index contributed by atoms with van der Waals surface area (Å²) in [6.07, 6.45) is 1.47. The van der Waals surface area contributed by atoms with E-state index in [1.54, 1.807) is 12.1 Å². The molecular weight excluding hydrogens is 228 g/mol. The van der Waals surface area contributed by atoms with E-state index in [9.17, 15) is 9.59 Å². The number of hydrogen-bond donors (Lipinski definition) is 2. The molecule has 0 aliphatic rings. The maximum absolute atomic E-state index is 11.7. The zero-order chi connectivity index (χ0) is 12.8. The number of rotatable bonds is 5. The van der Waals surface area contributed by atoms with E-state index in [-0.39, 0.29) is 5.91 Å². The zero-order valence-corrected chi connectivity index (χ0v) is 9.85. The molecule has 0 fully saturated rings. The Labute approximate surface area is 105 Å². The van der Waals surface area contributed by atoms with E-state index in [0.29, 0.717) is 24.2 Å². The number of carbonyl (C=O) groups excluding carboxylic acids is 2. The van der Waals surface area contributed by atoms with Crippen LogP contribution >= 0.6 is 0 Å². The van der Waals surface area contributed by atoms with Crippen LogP contribution in [0.1, 0.15) is 26.5 Å². The molecule has 0 spiro atoms. The first-order valence-electron chi connectivity index (χ1n) is 5.76. The molecule has 1 amide bonds. The van der Waals surface area contributed by atoms with E-state index < -0.39 is 0 Å². The highest BCUT2D eigenvalue weighted by Crippen LogP contribution is 2.01. The molecule has 4 nitrogen and oxygen atoms in total. The maximum Gasteiger partial charge on any atom is 0.267 e. The number of carbonyl (C=O) groups is 2. The maximum atomic E-state index is 11.7. The highest BCUT2D eigenvalue weighted by molar-refractivity contribution is 5.93. The lowest BCUT2D eigenvalue weighted by atomic mass is 10.1. The third-order valence-electron chi connectivity index (χ3n) is 2.62. The van der Waals surface area contributed by atoms with Gasteiger partial charge >= 0.3 is 0 Å². The minimum Gasteiger partial charge on any atom is -0.350 e. The van der Waals surface area contributed by atoms with E-state index in [2.05, 4.69) is 10.3 Å². The fourth-order valence-corrected chi connectivity index (χ4v) is 1.67. The third-order valence-corrected chi connectivity index (χ3v) is 2.62. The van der Waals surface area contributed by atoms with Gasteiger partial charge in [-0.3, -0.25) is 9.59 Å². The van der Waals surface area contributed by atoms with E-state index in [1.165, 1.54) is 5.56 Å². The quantitative estimate of drug-likeness (QED) is 0.785. The molecule has 0 saturated carbocycles. The molecule has 4 heteroatoms. The highest BCUT2D eigenvalue weighted by atomic mass is 16.2. The van der Waals surface area contributed by atoms with Crippen LogP contribution in [0.2, 0.25) is 0 Å². The SMILES string of the molecule is O=Cc1ccc(C(=O)NCCc2ccccc2)[nH]1. The molecule has 0 radical (unpaired) electrons. The second-order valence-corrected chi connectivity index (χ2v) is 3.94. The highest BCUT2D eigenvalue weighted by Gasteiger charge is 2.06. The molecule has 1 heterocycles. The Morgan fingerprint density at radius 3 is 2.61 bits per heavy atom. The standard InChI is InChI=1S/C14H14N2O2/c17-10-12-6-7-13(16-12)14(18)15-9-8-11-4-2-1-3-5-11/h1-7,10,16H,8-9H2,(H,15,18). The number of aromatic nitrogens is 1. The first kappa shape index (κ1) is 12.1. The molecular formula is C14H14N2O2. The topological polar surface area (TPSA) is 62.0 Å². The average Bonchev–Trinajstić information content (AvgIpc) is 2.89. The van der Waals surface area contributed by atoms with Gasteiger partial charge in [0.25, 0.3) is 5.91 Å². The first-order chi connectivity index (χ1) is 8.79. The van der Waals surface area contributed by atoms with Crippen molar-refractivity contribution in [2.75, 3.05) is 6.54 Å². The lowest BCUT2D eigenvalue weighted by Crippen LogP contribution is -2.26. The summed E-state index contributed by atoms with van der Waals surface area (Å²) in [6.45, 7) is 0.568. The fourth-order valence-electron chi connectivity index (χ4n) is 1.67. The van der Waals surface area contributed by atoms with Crippen LogP contribution in [0.5, 0.6) is 0 Å². The number of H-pyrrole nitrogens is 1. The molecule has 0 aliphatic carbocycles. The fraction of sp³-hybridized carbons (Fsp3) is 0.143. The second kappa shape index (κ2) is 5.82. The van der Waals surface area contributed by atoms with Gasteiger partial charge < -0.3 is 10.3 Å². The predicted molar refractivity (Wildman–Crippen MR) is 68.7 cm³/mol. The van der Waals surface area contributed by atoms with Crippen molar-refractivity contribution in [1.29, 1.82) is 0 Å². The van der Waals surface area contributed by atoms with Gasteiger partial charge in [-0.25, -0.2) is 0 Å². The first-order valence-corrected chi connectivity index (χ1v) is 5.76. The minimum absolute atomic E-state index is 0.195. The summed E-state index contributed by atoms with van der Waals surface area (Å²) in [5.74, 6) is -0.195. The molecule has 1 aromatic heterocycles. The molecule has 0 unspecified atom stereocenters. The van der Waals surface area contributed by atoms with Crippen LogP contribution in [0, 0.1) is 0 Å². The van der Waals surface area contributed by atoms with Crippen LogP contribution in [-0.4, -0.2) is 23.7 Å². The van der Waals surface area contributed by atoms with Crippen LogP contribution in [0.15, 0.2) is 42.5 Å². The van der Waals surface area contributed by atoms with Crippen molar-refractivity contribution in [3.05, 3.63) is 59.4 Å². The van der Waals surface area contributed by atoms with Gasteiger partial charge in [0.05, 0.1) is 5.69 Å². The summed E-state index contributed by atoms with van der Waals surface area (Å²) in [4.78, 5) is 24.9. The Balaban J connectivity index is 1.83. The lowest BCUT2D eigenvalue weighted by molar-refractivity contribution is 0.0950. The molecule has 0 aliphatic heterocycles. The second-order valence-electron chi connectivity index (χ2n) is 3.94. The summed E-state index contributed by atoms with van der Waals surface area (Å²) < 4.78 is 0. The molecule has 2 N–H and O–H groups in total. The van der Waals surface area contributed by atoms with E-state index in [4.69, 9.17) is 0 Å². The molecule has 2 rings (SSSR count). The van der Waals surface area contributed by atoms with Crippen LogP contribution < -0.4 is 5.32 Å². The van der Waals surface area contributed by atoms with Gasteiger partial charge in [-0.15, -0.1) is 0 Å². The molecule has 2 aromatic rings. The monoisotopic (exact) mass is 242 g/mol. The Morgan fingerprint density at radius 1 is 1.17 bits per heavy atom. The van der Waals surface area contributed by atoms with Crippen LogP contribution in [-0.2, 0) is 6.42 Å². The number of hydrogen-bond acceptors (Lipinski definition) is 2. The average molecular weight is 242 g/mol. The van der Waals surface area contributed by atoms with Crippen LogP contribution in [0.4, 0.5) is 0 Å². The van der Waals surface area contributed by atoms with Crippen molar-refractivity contribution < 1.29 is 9.59 Å². The Hall–Kier alpha value is -2.36. The van der Waals surface area contributed by atoms with Gasteiger partial charge in [-0.2, -0.15) is 0 Å². The summed E-state index contributed by atoms with van der Waals surface area (Å²) in [6, 6.07) is 13.1. The van der Waals surface area contributed by atoms with Crippen molar-refractivity contribution in [2.24, 2.45) is 0 Å². The number of aldehydes is 1. The van der Waals surface area contributed by atoms with E-state index in [1.807, 2.05) is 30.3 Å². The minimum atomic E-state index is -0.195. The normalized spacial score (nSPS) is 10.0. The van der Waals surface area contributed by atoms with Gasteiger partial charge in [0.1, 0.15) is 5.69 Å². The Morgan fingerprint density at radius 2 is 1.94 bits per heavy atom. The third kappa shape index (κ3) is 3.07. The summed E-state index contributed by atoms with van der Waals surface area (Å²) >= 11 is 0. The Kier molecular flexibility index (Phi) is 3.91. The molecule has 0 saturated heterocycles. The zero-order valence-electron chi connectivity index (χ0n) is 9.85. The summed E-state index contributed by atoms with van der Waals surface area (Å²) in [5, 5.41) is 2.80. The van der Waals surface area contributed by atoms with E-state index >= 15 is 0 Å². The summed E-state index contributed by atoms with van der Waals surface area (Å²) in [7, 11) is 0. The number of benzene rings is 1. The van der Waals surface area contributed by atoms with Crippen LogP contribution in [0.3, 0.4) is 0 Å². The van der Waals surface area contributed by atoms with Crippen molar-refractivity contribution in [3.63, 3.8) is 0 Å². The van der Waals surface area contributed by atoms with Gasteiger partial charge in [-0.05, 0) is 24.1 Å². The molecule has 0 bridgehead atoms. The largest absolute Gasteiger partial charge is 0.350 e. The van der Waals surface area contributed by atoms with Crippen molar-refractivity contribution >= 4 is 12.2 Å². The number of nitrogens with one attached hydrogen (secondary N) is 2. The van der Waals surface area contributed by atoms with Gasteiger partial charge in [0.2, 0.25) is 0 Å². The van der Waals surface area contributed by atoms with Gasteiger partial charge in [0.15, 0.2) is 6.29 Å². The molecule has 0 atom stereocenters. The lowest BCUT2D eigenvalue weighted by Gasteiger charge is -2.03. The van der Waals surface area contributed by atoms with Crippen molar-refractivity contribution in [3.8, 4) is 0 Å². The van der Waals surface area contributed by atoms with Crippen LogP contribution in [0.25, 0.3) is 0 Å². The van der Waals surface area contributed by atoms with Crippen molar-refractivity contribution in [1.82, 2.24) is 10.3 Å². The van der Waals surface area contributed by atoms with E-state index in [0.717, 1.165) is 6.42 Å². The smallest absolute Gasteiger partial charge is 0.267 e. The molecule has 92 valence electrons. The van der Waals surface area contributed by atoms with Gasteiger partial charge in [-0.1, -0.05) is 30.3 Å². The predicted octanol–water partition coefficient (Wildman–Crippen LogP) is 1.80. The summed E-state index contributed by atoms with van der Waals surface area (Å²) in [5.41, 5.74) is 1.99. The molecule has 18 heavy (non-hydrogen) atoms. The molecule has 1 aromatic carbocycles. The van der Waals surface area contributed by atoms with Gasteiger partial charge in [0, 0.05) is 6.54 Å². The number of amides is 1.